The Morgan fingerprint density at radius 3 is 0.985 bits per heavy atom. The highest BCUT2D eigenvalue weighted by molar-refractivity contribution is 8.78. The average molecular weight is 2510 g/mol. The van der Waals surface area contributed by atoms with Gasteiger partial charge in [-0.3, -0.25) is 9.59 Å². The van der Waals surface area contributed by atoms with Gasteiger partial charge >= 0.3 is 0 Å². The summed E-state index contributed by atoms with van der Waals surface area (Å²) in [5, 5.41) is 7.94. The van der Waals surface area contributed by atoms with Crippen molar-refractivity contribution in [2.75, 3.05) is 0 Å². The molecule has 3 aliphatic rings. The van der Waals surface area contributed by atoms with E-state index in [-0.39, 0.29) is 87.9 Å². The highest BCUT2D eigenvalue weighted by Crippen LogP contribution is 2.60. The Bertz CT molecular complexity index is 8310. The summed E-state index contributed by atoms with van der Waals surface area (Å²) >= 11 is 22.1. The van der Waals surface area contributed by atoms with Gasteiger partial charge in [0.15, 0.2) is 11.6 Å². The Morgan fingerprint density at radius 2 is 0.629 bits per heavy atom. The lowest BCUT2D eigenvalue weighted by Crippen LogP contribution is -2.20. The molecule has 0 bridgehead atoms. The number of halogens is 1. The number of carbonyl (C=O) groups is 2. The van der Waals surface area contributed by atoms with Crippen LogP contribution in [0.15, 0.2) is 224 Å². The van der Waals surface area contributed by atoms with Crippen molar-refractivity contribution >= 4 is 432 Å². The summed E-state index contributed by atoms with van der Waals surface area (Å²) in [5.41, 5.74) is 18.0. The molecule has 13 aromatic rings. The van der Waals surface area contributed by atoms with Crippen molar-refractivity contribution in [3.63, 3.8) is 0 Å². The van der Waals surface area contributed by atoms with E-state index in [0.29, 0.717) is 16.5 Å². The van der Waals surface area contributed by atoms with E-state index in [1.165, 1.54) is 132 Å². The molecule has 49 heteroatoms. The first-order valence-electron chi connectivity index (χ1n) is 37.9. The number of fused-ring (bicyclic) bond motifs is 12. The second kappa shape index (κ2) is 53.2. The number of rotatable bonds is 3. The topological polar surface area (TPSA) is 107 Å². The van der Waals surface area contributed by atoms with Crippen molar-refractivity contribution in [3.8, 4) is 39.1 Å². The molecule has 0 saturated carbocycles. The fourth-order valence-corrected chi connectivity index (χ4v) is 87.3. The predicted octanol–water partition coefficient (Wildman–Crippen LogP) is 23.3. The molecule has 700 valence electrons. The molecule has 16 rings (SSSR count). The fraction of sp³-hybridized carbons (Fsp3) is 0.205. The minimum Gasteiger partial charge on any atom is -0.308 e. The van der Waals surface area contributed by atoms with Gasteiger partial charge in [-0.1, -0.05) is 174 Å². The third-order valence-corrected chi connectivity index (χ3v) is 85.3. The van der Waals surface area contributed by atoms with E-state index in [2.05, 4.69) is 211 Å². The molecular formula is C83H78FNO6P4S37. The maximum Gasteiger partial charge on any atom is 0.208 e. The van der Waals surface area contributed by atoms with Crippen LogP contribution in [0.5, 0.6) is 0 Å². The number of nitrogens with zero attached hydrogens (tertiary/aromatic N) is 1. The van der Waals surface area contributed by atoms with Gasteiger partial charge in [-0.05, 0) is 205 Å². The first-order valence-corrected chi connectivity index (χ1v) is 90.2. The summed E-state index contributed by atoms with van der Waals surface area (Å²) in [6.07, 6.45) is 1.08. The monoisotopic (exact) mass is 2510 g/mol. The van der Waals surface area contributed by atoms with Gasteiger partial charge in [0.1, 0.15) is 5.82 Å². The minimum atomic E-state index is -3.83. The Morgan fingerprint density at radius 1 is 0.326 bits per heavy atom. The third-order valence-electron chi connectivity index (χ3n) is 19.8. The molecule has 0 spiro atoms. The third kappa shape index (κ3) is 29.9. The van der Waals surface area contributed by atoms with Gasteiger partial charge in [0, 0.05) is 367 Å². The molecule has 1 aliphatic carbocycles. The second-order valence-corrected chi connectivity index (χ2v) is 100. The van der Waals surface area contributed by atoms with Crippen molar-refractivity contribution in [2.45, 2.75) is 131 Å². The van der Waals surface area contributed by atoms with Crippen LogP contribution < -0.4 is 0 Å². The Labute approximate surface area is 888 Å². The van der Waals surface area contributed by atoms with Gasteiger partial charge in [-0.2, -0.15) is 0 Å². The number of hydrogen-bond donors (Lipinski definition) is 0. The Balaban J connectivity index is 0.000000169. The molecule has 3 aromatic heterocycles. The summed E-state index contributed by atoms with van der Waals surface area (Å²) in [4.78, 5) is 26.8. The number of ketones is 2. The molecule has 0 fully saturated rings. The zero-order valence-electron chi connectivity index (χ0n) is 70.9. The lowest BCUT2D eigenvalue weighted by atomic mass is 9.83. The van der Waals surface area contributed by atoms with Gasteiger partial charge in [0.05, 0.1) is 36.3 Å². The van der Waals surface area contributed by atoms with Crippen LogP contribution in [-0.4, -0.2) is 33.0 Å². The van der Waals surface area contributed by atoms with E-state index in [9.17, 15) is 30.8 Å². The lowest BCUT2D eigenvalue weighted by molar-refractivity contribution is 0.102. The molecule has 132 heavy (non-hydrogen) atoms. The van der Waals surface area contributed by atoms with Crippen LogP contribution >= 0.6 is 56.4 Å². The molecular weight excluding hydrogens is 2440 g/mol. The molecule has 0 amide bonds. The molecule has 5 heterocycles. The molecule has 10 aromatic carbocycles. The van der Waals surface area contributed by atoms with Crippen LogP contribution in [0.4, 0.5) is 4.39 Å². The normalized spacial score (nSPS) is 12.5. The molecule has 3 atom stereocenters. The van der Waals surface area contributed by atoms with Gasteiger partial charge in [-0.25, -0.2) is 21.2 Å². The van der Waals surface area contributed by atoms with E-state index >= 15 is 0 Å². The van der Waals surface area contributed by atoms with E-state index in [4.69, 9.17) is 44.8 Å². The van der Waals surface area contributed by atoms with Crippen molar-refractivity contribution in [1.82, 2.24) is 4.57 Å². The number of sulfone groups is 2. The lowest BCUT2D eigenvalue weighted by Gasteiger charge is -2.21. The minimum absolute atomic E-state index is 0.0149. The molecule has 2 aliphatic heterocycles. The fourth-order valence-electron chi connectivity index (χ4n) is 13.8. The van der Waals surface area contributed by atoms with Gasteiger partial charge in [0.25, 0.3) is 0 Å². The quantitative estimate of drug-likeness (QED) is 0.159. The molecule has 0 N–H and O–H groups in total. The molecule has 0 radical (unpaired) electrons. The van der Waals surface area contributed by atoms with Gasteiger partial charge in [-0.15, -0.1) is 49.5 Å². The standard InChI is InChI=1S/C41H35NO3S2.C21H11FO3S2.C21H26.H6P4.S17.S16/c1-40(2,3)25-12-15-33-30(22-25)31-23-26(41(4,5)6)13-16-34(31)42(33)38-27(14-17-35-28(38)19-20-46-35)24-11-18-37-32(21-24)39(43)29-9-7-8-10-36(29)47(37,44)45;22-20-13(6-7-17-14(20)9-10-26-17)12-5-8-19-16(11-12)21(23)15-3-1-2-4-18(15)27(19,24)25;1-20(2,3)16-9-7-14-11-15-8-10-17(21(4,5)6)13-19(15)18(14)12-16;1-4(2)3;1-3-5-7-9-11-13-15-17-16-14-12-10-8-6-4-2;1-3-5-7-9-11-13-15-16-14-12-10-8-6-4-2/h7-23H,1-6H3;1-11H;7-10,12-13H,11H2,1-6H3;1-3H2;;. The summed E-state index contributed by atoms with van der Waals surface area (Å²) in [7, 11) is 49.2. The van der Waals surface area contributed by atoms with E-state index in [0.717, 1.165) is 49.1 Å². The highest BCUT2D eigenvalue weighted by atomic mass is 33.5. The van der Waals surface area contributed by atoms with Crippen LogP contribution in [0.3, 0.4) is 0 Å². The first kappa shape index (κ1) is 112. The predicted molar refractivity (Wildman–Crippen MR) is 668 cm³/mol. The summed E-state index contributed by atoms with van der Waals surface area (Å²) < 4.78 is 72.2. The molecule has 7 nitrogen and oxygen atoms in total. The molecule has 0 saturated heterocycles. The Kier molecular flexibility index (Phi) is 45.3. The van der Waals surface area contributed by atoms with E-state index in [1.54, 1.807) is 294 Å². The summed E-state index contributed by atoms with van der Waals surface area (Å²) in [6, 6.07) is 61.6. The average Bonchev–Trinajstić information content (AvgIpc) is 1.30. The Hall–Kier alpha value is 0.0700. The zero-order chi connectivity index (χ0) is 95.3. The first-order chi connectivity index (χ1) is 62.9. The summed E-state index contributed by atoms with van der Waals surface area (Å²) in [6.45, 7) is 27.3. The number of hydrogen-bond acceptors (Lipinski definition) is 12. The van der Waals surface area contributed by atoms with E-state index < -0.39 is 19.7 Å². The highest BCUT2D eigenvalue weighted by Gasteiger charge is 2.37. The van der Waals surface area contributed by atoms with Crippen LogP contribution in [0, 0.1) is 5.82 Å². The number of thiophene rings is 2. The van der Waals surface area contributed by atoms with Crippen molar-refractivity contribution in [3.05, 3.63) is 266 Å². The van der Waals surface area contributed by atoms with Crippen LogP contribution in [0.25, 0.3) is 81.0 Å². The second-order valence-electron chi connectivity index (χ2n) is 31.8. The number of aromatic nitrogens is 1. The van der Waals surface area contributed by atoms with Crippen molar-refractivity contribution < 1.29 is 30.8 Å². The van der Waals surface area contributed by atoms with Crippen LogP contribution in [-0.2, 0) is 350 Å². The maximum atomic E-state index is 14.9. The van der Waals surface area contributed by atoms with Crippen molar-refractivity contribution in [1.29, 1.82) is 0 Å². The largest absolute Gasteiger partial charge is 0.308 e. The number of benzene rings is 10. The smallest absolute Gasteiger partial charge is 0.208 e. The zero-order valence-corrected chi connectivity index (χ0v) is 105. The number of carbonyl (C=O) groups excluding carboxylic acids is 2. The molecule has 3 unspecified atom stereocenters. The van der Waals surface area contributed by atoms with Crippen LogP contribution in [0.2, 0.25) is 0 Å². The van der Waals surface area contributed by atoms with Crippen molar-refractivity contribution in [2.24, 2.45) is 0 Å². The maximum absolute atomic E-state index is 14.9. The van der Waals surface area contributed by atoms with Gasteiger partial charge in [0.2, 0.25) is 19.7 Å². The van der Waals surface area contributed by atoms with E-state index in [1.807, 2.05) is 17.5 Å². The summed E-state index contributed by atoms with van der Waals surface area (Å²) in [5.74, 6) is -1.01. The van der Waals surface area contributed by atoms with Gasteiger partial charge < -0.3 is 4.57 Å². The SMILES string of the molecule is CC(C)(C)c1ccc2c(c1)-c1cc(C(C)(C)C)ccc1C2.CC(C)(C)c1ccc2c(c1)c1cc(C(C)(C)C)ccc1n2-c1c(-c2ccc3c(c2)C(=O)c2ccccc2S3(=O)=O)ccc2sccc12.O=C1c2ccccc2S(=O)(=O)c2ccc(-c3ccc4sccc4c3F)cc21.PP(P)P.S=S=S=S=S=S=S=S=S=S=S=S=S=S=S=S.S=S=S=S=S=S=S=S=S=S=S=S=S=S=S=S=S. The van der Waals surface area contributed by atoms with Crippen LogP contribution in [0.1, 0.15) is 148 Å².